The van der Waals surface area contributed by atoms with Crippen molar-refractivity contribution in [2.45, 2.75) is 11.8 Å². The highest BCUT2D eigenvalue weighted by Gasteiger charge is 2.19. The molecule has 3 aromatic rings. The Morgan fingerprint density at radius 2 is 1.75 bits per heavy atom. The van der Waals surface area contributed by atoms with Crippen LogP contribution in [-0.2, 0) is 10.0 Å². The molecule has 0 radical (unpaired) electrons. The third-order valence-corrected chi connectivity index (χ3v) is 5.99. The lowest BCUT2D eigenvalue weighted by molar-refractivity contribution is -0.385. The average molecular weight is 518 g/mol. The molecule has 1 N–H and O–H groups in total. The largest absolute Gasteiger partial charge is 0.423 e. The molecule has 0 aromatic heterocycles. The van der Waals surface area contributed by atoms with Crippen molar-refractivity contribution < 1.29 is 22.9 Å². The van der Waals surface area contributed by atoms with Crippen molar-refractivity contribution in [3.05, 3.63) is 98.0 Å². The molecule has 0 aliphatic rings. The van der Waals surface area contributed by atoms with Crippen LogP contribution in [-0.4, -0.2) is 25.5 Å². The van der Waals surface area contributed by atoms with Gasteiger partial charge in [0.2, 0.25) is 0 Å². The number of nitro benzene ring substituents is 1. The summed E-state index contributed by atoms with van der Waals surface area (Å²) < 4.78 is 30.8. The number of hydrazone groups is 1. The Morgan fingerprint density at radius 3 is 2.38 bits per heavy atom. The second kappa shape index (κ2) is 9.71. The van der Waals surface area contributed by atoms with Gasteiger partial charge in [-0.1, -0.05) is 22.0 Å². The number of nitrogens with zero attached hydrogens (tertiary/aromatic N) is 2. The van der Waals surface area contributed by atoms with Crippen molar-refractivity contribution in [1.82, 2.24) is 4.83 Å². The van der Waals surface area contributed by atoms with Crippen molar-refractivity contribution in [3.8, 4) is 5.75 Å². The van der Waals surface area contributed by atoms with Crippen LogP contribution in [0.1, 0.15) is 21.5 Å². The Morgan fingerprint density at radius 1 is 1.09 bits per heavy atom. The van der Waals surface area contributed by atoms with Crippen LogP contribution in [0.15, 0.2) is 81.2 Å². The monoisotopic (exact) mass is 517 g/mol. The van der Waals surface area contributed by atoms with Crippen LogP contribution in [0.4, 0.5) is 5.69 Å². The summed E-state index contributed by atoms with van der Waals surface area (Å²) >= 11 is 3.29. The van der Waals surface area contributed by atoms with E-state index in [-0.39, 0.29) is 10.6 Å². The fourth-order valence-corrected chi connectivity index (χ4v) is 3.63. The molecule has 0 aliphatic heterocycles. The molecule has 0 heterocycles. The number of carbonyl (C=O) groups is 1. The third kappa shape index (κ3) is 5.77. The molecule has 0 unspecified atom stereocenters. The van der Waals surface area contributed by atoms with E-state index in [9.17, 15) is 23.3 Å². The number of ether oxygens (including phenoxy) is 1. The lowest BCUT2D eigenvalue weighted by atomic mass is 10.2. The zero-order valence-corrected chi connectivity index (χ0v) is 19.0. The Bertz CT molecular complexity index is 1290. The summed E-state index contributed by atoms with van der Waals surface area (Å²) in [5, 5.41) is 14.7. The van der Waals surface area contributed by atoms with Crippen molar-refractivity contribution >= 4 is 43.8 Å². The lowest BCUT2D eigenvalue weighted by Crippen LogP contribution is -2.18. The van der Waals surface area contributed by atoms with Gasteiger partial charge in [-0.3, -0.25) is 10.1 Å². The standard InChI is InChI=1S/C21H16BrN3O6S/c1-14-2-11-19(12-20(14)25(27)28)32(29,30)24-23-13-15-3-9-18(10-4-15)31-21(26)16-5-7-17(22)8-6-16/h2-13,24H,1H3/b23-13+. The number of sulfonamides is 1. The molecule has 3 aromatic carbocycles. The summed E-state index contributed by atoms with van der Waals surface area (Å²) in [6.07, 6.45) is 1.25. The number of hydrogen-bond acceptors (Lipinski definition) is 7. The van der Waals surface area contributed by atoms with Gasteiger partial charge in [-0.25, -0.2) is 9.63 Å². The molecule has 0 saturated heterocycles. The van der Waals surface area contributed by atoms with Gasteiger partial charge in [-0.05, 0) is 67.1 Å². The van der Waals surface area contributed by atoms with Gasteiger partial charge in [-0.15, -0.1) is 0 Å². The highest BCUT2D eigenvalue weighted by molar-refractivity contribution is 9.10. The molecule has 11 heteroatoms. The van der Waals surface area contributed by atoms with E-state index < -0.39 is 20.9 Å². The van der Waals surface area contributed by atoms with Crippen LogP contribution in [0.3, 0.4) is 0 Å². The summed E-state index contributed by atoms with van der Waals surface area (Å²) in [6.45, 7) is 1.51. The smallest absolute Gasteiger partial charge is 0.343 e. The molecule has 0 bridgehead atoms. The second-order valence-corrected chi connectivity index (χ2v) is 9.10. The Balaban J connectivity index is 1.64. The quantitative estimate of drug-likeness (QED) is 0.164. The van der Waals surface area contributed by atoms with Gasteiger partial charge in [0, 0.05) is 16.1 Å². The predicted molar refractivity (Wildman–Crippen MR) is 121 cm³/mol. The van der Waals surface area contributed by atoms with Crippen molar-refractivity contribution in [1.29, 1.82) is 0 Å². The maximum Gasteiger partial charge on any atom is 0.343 e. The number of aryl methyl sites for hydroxylation is 1. The molecular weight excluding hydrogens is 502 g/mol. The van der Waals surface area contributed by atoms with Crippen LogP contribution in [0.5, 0.6) is 5.75 Å². The fraction of sp³-hybridized carbons (Fsp3) is 0.0476. The first kappa shape index (κ1) is 23.1. The Hall–Kier alpha value is -3.57. The van der Waals surface area contributed by atoms with Crippen molar-refractivity contribution in [2.75, 3.05) is 0 Å². The fourth-order valence-electron chi connectivity index (χ4n) is 2.55. The normalized spacial score (nSPS) is 11.3. The number of carbonyl (C=O) groups excluding carboxylic acids is 1. The number of rotatable bonds is 7. The SMILES string of the molecule is Cc1ccc(S(=O)(=O)N/N=C/c2ccc(OC(=O)c3ccc(Br)cc3)cc2)cc1[N+](=O)[O-]. The first-order valence-corrected chi connectivity index (χ1v) is 11.3. The van der Waals surface area contributed by atoms with Gasteiger partial charge in [0.15, 0.2) is 0 Å². The molecule has 9 nitrogen and oxygen atoms in total. The van der Waals surface area contributed by atoms with Gasteiger partial charge in [0.1, 0.15) is 5.75 Å². The molecule has 0 atom stereocenters. The highest BCUT2D eigenvalue weighted by atomic mass is 79.9. The summed E-state index contributed by atoms with van der Waals surface area (Å²) in [4.78, 5) is 24.2. The van der Waals surface area contributed by atoms with E-state index in [2.05, 4.69) is 21.0 Å². The number of nitro groups is 1. The van der Waals surface area contributed by atoms with Crippen LogP contribution < -0.4 is 9.57 Å². The minimum Gasteiger partial charge on any atom is -0.423 e. The molecular formula is C21H16BrN3O6S. The Labute approximate surface area is 192 Å². The molecule has 0 spiro atoms. The van der Waals surface area contributed by atoms with Gasteiger partial charge < -0.3 is 4.74 Å². The minimum atomic E-state index is -4.09. The maximum atomic E-state index is 12.3. The topological polar surface area (TPSA) is 128 Å². The van der Waals surface area contributed by atoms with Crippen LogP contribution in [0.25, 0.3) is 0 Å². The number of hydrogen-bond donors (Lipinski definition) is 1. The van der Waals surface area contributed by atoms with Crippen molar-refractivity contribution in [2.24, 2.45) is 5.10 Å². The summed E-state index contributed by atoms with van der Waals surface area (Å²) in [5.74, 6) is -0.207. The van der Waals surface area contributed by atoms with Gasteiger partial charge in [0.05, 0.1) is 21.6 Å². The predicted octanol–water partition coefficient (Wildman–Crippen LogP) is 4.20. The van der Waals surface area contributed by atoms with Crippen LogP contribution in [0, 0.1) is 17.0 Å². The van der Waals surface area contributed by atoms with Crippen LogP contribution in [0.2, 0.25) is 0 Å². The van der Waals surface area contributed by atoms with E-state index in [4.69, 9.17) is 4.74 Å². The molecule has 164 valence electrons. The first-order chi connectivity index (χ1) is 15.2. The van der Waals surface area contributed by atoms with Crippen LogP contribution >= 0.6 is 15.9 Å². The van der Waals surface area contributed by atoms with E-state index in [1.165, 1.54) is 37.4 Å². The van der Waals surface area contributed by atoms with E-state index >= 15 is 0 Å². The van der Waals surface area contributed by atoms with E-state index in [0.29, 0.717) is 22.4 Å². The first-order valence-electron chi connectivity index (χ1n) is 9.03. The average Bonchev–Trinajstić information content (AvgIpc) is 2.75. The highest BCUT2D eigenvalue weighted by Crippen LogP contribution is 2.22. The van der Waals surface area contributed by atoms with Crippen molar-refractivity contribution in [3.63, 3.8) is 0 Å². The van der Waals surface area contributed by atoms with Gasteiger partial charge >= 0.3 is 5.97 Å². The maximum absolute atomic E-state index is 12.3. The zero-order chi connectivity index (χ0) is 23.3. The number of halogens is 1. The zero-order valence-electron chi connectivity index (χ0n) is 16.6. The minimum absolute atomic E-state index is 0.276. The molecule has 0 aliphatic carbocycles. The van der Waals surface area contributed by atoms with E-state index in [1.807, 2.05) is 4.83 Å². The molecule has 0 fully saturated rings. The number of esters is 1. The third-order valence-electron chi connectivity index (χ3n) is 4.24. The lowest BCUT2D eigenvalue weighted by Gasteiger charge is -2.05. The number of benzene rings is 3. The Kier molecular flexibility index (Phi) is 7.01. The summed E-state index contributed by atoms with van der Waals surface area (Å²) in [5.41, 5.74) is 0.971. The van der Waals surface area contributed by atoms with Gasteiger partial charge in [-0.2, -0.15) is 13.5 Å². The van der Waals surface area contributed by atoms with E-state index in [1.54, 1.807) is 36.4 Å². The molecule has 0 saturated carbocycles. The van der Waals surface area contributed by atoms with E-state index in [0.717, 1.165) is 10.5 Å². The molecule has 32 heavy (non-hydrogen) atoms. The molecule has 0 amide bonds. The summed E-state index contributed by atoms with van der Waals surface area (Å²) in [7, 11) is -4.09. The second-order valence-electron chi connectivity index (χ2n) is 6.52. The summed E-state index contributed by atoms with van der Waals surface area (Å²) in [6, 6.07) is 16.5. The van der Waals surface area contributed by atoms with Gasteiger partial charge in [0.25, 0.3) is 15.7 Å². The number of nitrogens with one attached hydrogen (secondary N) is 1. The molecule has 3 rings (SSSR count).